The molecule has 0 spiro atoms. The van der Waals surface area contributed by atoms with Crippen LogP contribution in [0.15, 0.2) is 59.5 Å². The molecule has 5 heteroatoms. The van der Waals surface area contributed by atoms with Gasteiger partial charge in [0.15, 0.2) is 0 Å². The van der Waals surface area contributed by atoms with Crippen molar-refractivity contribution in [2.24, 2.45) is 0 Å². The predicted octanol–water partition coefficient (Wildman–Crippen LogP) is 3.41. The minimum absolute atomic E-state index is 0.159. The molecule has 0 radical (unpaired) electrons. The molecule has 17 heavy (non-hydrogen) atoms. The van der Waals surface area contributed by atoms with Gasteiger partial charge in [-0.2, -0.15) is 10.9 Å². The molecule has 2 rings (SSSR count). The van der Waals surface area contributed by atoms with E-state index in [-0.39, 0.29) is 4.90 Å². The van der Waals surface area contributed by atoms with Gasteiger partial charge >= 0.3 is 10.1 Å². The SMILES string of the molecule is O=S(=O)(OI)c1ccc(-c2ccccc2)cc1. The Hall–Kier alpha value is -0.920. The molecule has 0 fully saturated rings. The Labute approximate surface area is 114 Å². The van der Waals surface area contributed by atoms with Crippen LogP contribution in [0, 0.1) is 0 Å². The number of benzene rings is 2. The smallest absolute Gasteiger partial charge is 0.195 e. The maximum atomic E-state index is 11.4. The molecule has 2 aromatic rings. The molecule has 0 saturated heterocycles. The van der Waals surface area contributed by atoms with Crippen LogP contribution in [0.1, 0.15) is 0 Å². The molecule has 0 amide bonds. The summed E-state index contributed by atoms with van der Waals surface area (Å²) in [5.74, 6) is 0. The van der Waals surface area contributed by atoms with E-state index in [1.165, 1.54) is 35.1 Å². The van der Waals surface area contributed by atoms with Gasteiger partial charge in [-0.15, -0.1) is 0 Å². The molecule has 0 aromatic heterocycles. The maximum absolute atomic E-state index is 11.4. The minimum atomic E-state index is -3.61. The van der Waals surface area contributed by atoms with E-state index in [2.05, 4.69) is 2.51 Å². The molecule has 0 saturated carbocycles. The summed E-state index contributed by atoms with van der Waals surface area (Å²) in [6.45, 7) is 0. The number of hydrogen-bond donors (Lipinski definition) is 0. The van der Waals surface area contributed by atoms with E-state index in [1.54, 1.807) is 12.1 Å². The van der Waals surface area contributed by atoms with Crippen molar-refractivity contribution in [3.8, 4) is 11.1 Å². The van der Waals surface area contributed by atoms with Crippen molar-refractivity contribution < 1.29 is 10.9 Å². The third-order valence-electron chi connectivity index (χ3n) is 2.33. The number of hydrogen-bond acceptors (Lipinski definition) is 3. The van der Waals surface area contributed by atoms with Gasteiger partial charge in [0.2, 0.25) is 0 Å². The summed E-state index contributed by atoms with van der Waals surface area (Å²) in [5, 5.41) is 0. The predicted molar refractivity (Wildman–Crippen MR) is 74.2 cm³/mol. The molecule has 0 aliphatic rings. The van der Waals surface area contributed by atoms with Crippen LogP contribution in [-0.4, -0.2) is 8.42 Å². The average molecular weight is 360 g/mol. The average Bonchev–Trinajstić information content (AvgIpc) is 2.40. The summed E-state index contributed by atoms with van der Waals surface area (Å²) in [4.78, 5) is 0.159. The first-order valence-corrected chi connectivity index (χ1v) is 7.13. The maximum Gasteiger partial charge on any atom is 0.306 e. The van der Waals surface area contributed by atoms with Gasteiger partial charge in [-0.05, 0) is 23.3 Å². The first-order valence-electron chi connectivity index (χ1n) is 4.84. The van der Waals surface area contributed by atoms with Gasteiger partial charge in [0, 0.05) is 0 Å². The minimum Gasteiger partial charge on any atom is -0.195 e. The van der Waals surface area contributed by atoms with E-state index in [9.17, 15) is 8.42 Å². The summed E-state index contributed by atoms with van der Waals surface area (Å²) >= 11 is 1.37. The van der Waals surface area contributed by atoms with Crippen LogP contribution in [0.3, 0.4) is 0 Å². The summed E-state index contributed by atoms with van der Waals surface area (Å²) in [7, 11) is -3.61. The second-order valence-corrected chi connectivity index (χ2v) is 5.99. The van der Waals surface area contributed by atoms with Gasteiger partial charge in [0.05, 0.1) is 4.90 Å². The Kier molecular flexibility index (Phi) is 3.80. The lowest BCUT2D eigenvalue weighted by Gasteiger charge is -2.03. The summed E-state index contributed by atoms with van der Waals surface area (Å²) in [6, 6.07) is 16.4. The van der Waals surface area contributed by atoms with Crippen LogP contribution in [0.2, 0.25) is 0 Å². The Morgan fingerprint density at radius 3 is 1.88 bits per heavy atom. The van der Waals surface area contributed by atoms with Crippen LogP contribution in [0.5, 0.6) is 0 Å². The van der Waals surface area contributed by atoms with Gasteiger partial charge in [-0.3, -0.25) is 0 Å². The van der Waals surface area contributed by atoms with Gasteiger partial charge in [-0.25, -0.2) is 0 Å². The van der Waals surface area contributed by atoms with Crippen molar-refractivity contribution in [3.63, 3.8) is 0 Å². The fourth-order valence-electron chi connectivity index (χ4n) is 1.48. The van der Waals surface area contributed by atoms with Crippen molar-refractivity contribution in [2.45, 2.75) is 4.90 Å². The Morgan fingerprint density at radius 1 is 0.824 bits per heavy atom. The quantitative estimate of drug-likeness (QED) is 0.788. The van der Waals surface area contributed by atoms with Gasteiger partial charge in [0.25, 0.3) is 0 Å². The third-order valence-corrected chi connectivity index (χ3v) is 4.77. The fraction of sp³-hybridized carbons (Fsp3) is 0. The first kappa shape index (κ1) is 12.5. The molecule has 2 aromatic carbocycles. The second-order valence-electron chi connectivity index (χ2n) is 3.41. The Balaban J connectivity index is 2.38. The lowest BCUT2D eigenvalue weighted by atomic mass is 10.1. The summed E-state index contributed by atoms with van der Waals surface area (Å²) < 4.78 is 27.2. The van der Waals surface area contributed by atoms with Crippen LogP contribution in [0.25, 0.3) is 11.1 Å². The highest BCUT2D eigenvalue weighted by Gasteiger charge is 2.13. The van der Waals surface area contributed by atoms with Crippen molar-refractivity contribution in [1.29, 1.82) is 0 Å². The van der Waals surface area contributed by atoms with E-state index in [4.69, 9.17) is 0 Å². The molecule has 0 unspecified atom stereocenters. The molecular formula is C12H9IO3S. The van der Waals surface area contributed by atoms with Crippen molar-refractivity contribution >= 4 is 33.1 Å². The van der Waals surface area contributed by atoms with Gasteiger partial charge < -0.3 is 0 Å². The molecular weight excluding hydrogens is 351 g/mol. The molecule has 0 aliphatic carbocycles. The largest absolute Gasteiger partial charge is 0.306 e. The van der Waals surface area contributed by atoms with Crippen LogP contribution in [0.4, 0.5) is 0 Å². The molecule has 0 atom stereocenters. The normalized spacial score (nSPS) is 11.4. The van der Waals surface area contributed by atoms with E-state index in [0.717, 1.165) is 11.1 Å². The van der Waals surface area contributed by atoms with E-state index in [0.29, 0.717) is 0 Å². The third kappa shape index (κ3) is 2.85. The second kappa shape index (κ2) is 5.16. The molecule has 88 valence electrons. The van der Waals surface area contributed by atoms with Crippen LogP contribution >= 0.6 is 23.0 Å². The lowest BCUT2D eigenvalue weighted by Crippen LogP contribution is -1.98. The molecule has 0 bridgehead atoms. The Morgan fingerprint density at radius 2 is 1.35 bits per heavy atom. The fourth-order valence-corrected chi connectivity index (χ4v) is 2.65. The van der Waals surface area contributed by atoms with Gasteiger partial charge in [0.1, 0.15) is 23.0 Å². The van der Waals surface area contributed by atoms with Gasteiger partial charge in [-0.1, -0.05) is 42.5 Å². The van der Waals surface area contributed by atoms with Crippen molar-refractivity contribution in [2.75, 3.05) is 0 Å². The highest BCUT2D eigenvalue weighted by molar-refractivity contribution is 14.1. The molecule has 3 nitrogen and oxygen atoms in total. The number of rotatable bonds is 3. The Bertz CT molecular complexity index is 591. The highest BCUT2D eigenvalue weighted by atomic mass is 127. The van der Waals surface area contributed by atoms with Crippen molar-refractivity contribution in [3.05, 3.63) is 54.6 Å². The van der Waals surface area contributed by atoms with E-state index in [1.807, 2.05) is 30.3 Å². The molecule has 0 N–H and O–H groups in total. The van der Waals surface area contributed by atoms with E-state index >= 15 is 0 Å². The topological polar surface area (TPSA) is 43.4 Å². The first-order chi connectivity index (χ1) is 8.13. The zero-order chi connectivity index (χ0) is 12.3. The lowest BCUT2D eigenvalue weighted by molar-refractivity contribution is 0.536. The summed E-state index contributed by atoms with van der Waals surface area (Å²) in [6.07, 6.45) is 0. The zero-order valence-electron chi connectivity index (χ0n) is 8.71. The highest BCUT2D eigenvalue weighted by Crippen LogP contribution is 2.22. The van der Waals surface area contributed by atoms with Crippen LogP contribution in [-0.2, 0) is 12.6 Å². The molecule has 0 aliphatic heterocycles. The monoisotopic (exact) mass is 360 g/mol. The standard InChI is InChI=1S/C12H9IO3S/c13-16-17(14,15)12-8-6-11(7-9-12)10-4-2-1-3-5-10/h1-9H. The summed E-state index contributed by atoms with van der Waals surface area (Å²) in [5.41, 5.74) is 2.02. The zero-order valence-corrected chi connectivity index (χ0v) is 11.7. The number of halogens is 1. The van der Waals surface area contributed by atoms with Crippen molar-refractivity contribution in [1.82, 2.24) is 0 Å². The van der Waals surface area contributed by atoms with E-state index < -0.39 is 10.1 Å². The van der Waals surface area contributed by atoms with Crippen LogP contribution < -0.4 is 0 Å². The molecule has 0 heterocycles.